The molecule has 0 saturated carbocycles. The molecule has 0 aliphatic heterocycles. The van der Waals surface area contributed by atoms with Crippen LogP contribution in [0.3, 0.4) is 0 Å². The second-order valence-corrected chi connectivity index (χ2v) is 4.93. The Balaban J connectivity index is 2.78. The average molecular weight is 236 g/mol. The molecule has 1 aromatic rings. The van der Waals surface area contributed by atoms with Gasteiger partial charge in [-0.3, -0.25) is 0 Å². The van der Waals surface area contributed by atoms with Gasteiger partial charge in [-0.05, 0) is 38.3 Å². The highest BCUT2D eigenvalue weighted by Gasteiger charge is 2.29. The maximum atomic E-state index is 10.3. The van der Waals surface area contributed by atoms with Gasteiger partial charge in [-0.25, -0.2) is 0 Å². The molecule has 0 aromatic heterocycles. The van der Waals surface area contributed by atoms with Crippen molar-refractivity contribution in [1.29, 1.82) is 0 Å². The molecule has 1 unspecified atom stereocenters. The Morgan fingerprint density at radius 2 is 1.76 bits per heavy atom. The minimum Gasteiger partial charge on any atom is -0.385 e. The van der Waals surface area contributed by atoms with Gasteiger partial charge in [0.2, 0.25) is 0 Å². The van der Waals surface area contributed by atoms with Crippen molar-refractivity contribution < 1.29 is 9.84 Å². The van der Waals surface area contributed by atoms with Gasteiger partial charge in [0.25, 0.3) is 0 Å². The van der Waals surface area contributed by atoms with E-state index in [1.54, 1.807) is 0 Å². The summed E-state index contributed by atoms with van der Waals surface area (Å²) in [6.07, 6.45) is 1.65. The van der Waals surface area contributed by atoms with Crippen molar-refractivity contribution in [3.05, 3.63) is 35.4 Å². The Morgan fingerprint density at radius 1 is 1.18 bits per heavy atom. The highest BCUT2D eigenvalue weighted by Crippen LogP contribution is 2.28. The number of aliphatic hydroxyl groups excluding tert-OH is 1. The van der Waals surface area contributed by atoms with Crippen LogP contribution in [0.25, 0.3) is 0 Å². The smallest absolute Gasteiger partial charge is 0.107 e. The number of aryl methyl sites for hydroxylation is 1. The van der Waals surface area contributed by atoms with Crippen molar-refractivity contribution in [3.8, 4) is 0 Å². The number of aliphatic hydroxyl groups is 1. The largest absolute Gasteiger partial charge is 0.385 e. The lowest BCUT2D eigenvalue weighted by Crippen LogP contribution is -2.32. The lowest BCUT2D eigenvalue weighted by Gasteiger charge is -2.30. The first-order chi connectivity index (χ1) is 8.01. The van der Waals surface area contributed by atoms with Crippen LogP contribution in [0.5, 0.6) is 0 Å². The Morgan fingerprint density at radius 3 is 2.24 bits per heavy atom. The molecular weight excluding hydrogens is 212 g/mol. The summed E-state index contributed by atoms with van der Waals surface area (Å²) in [6, 6.07) is 8.17. The van der Waals surface area contributed by atoms with Crippen LogP contribution in [0, 0.1) is 0 Å². The molecule has 96 valence electrons. The van der Waals surface area contributed by atoms with E-state index in [4.69, 9.17) is 4.74 Å². The normalized spacial score (nSPS) is 13.7. The Labute approximate surface area is 105 Å². The molecule has 2 heteroatoms. The van der Waals surface area contributed by atoms with Crippen LogP contribution >= 0.6 is 0 Å². The van der Waals surface area contributed by atoms with Gasteiger partial charge in [0.1, 0.15) is 6.10 Å². The van der Waals surface area contributed by atoms with Crippen LogP contribution in [0.4, 0.5) is 0 Å². The maximum absolute atomic E-state index is 10.3. The van der Waals surface area contributed by atoms with Gasteiger partial charge < -0.3 is 9.84 Å². The zero-order valence-electron chi connectivity index (χ0n) is 11.4. The molecule has 0 aliphatic carbocycles. The van der Waals surface area contributed by atoms with E-state index in [2.05, 4.69) is 19.1 Å². The second-order valence-electron chi connectivity index (χ2n) is 4.93. The molecular formula is C15H24O2. The van der Waals surface area contributed by atoms with Crippen LogP contribution < -0.4 is 0 Å². The molecule has 1 N–H and O–H groups in total. The fourth-order valence-electron chi connectivity index (χ4n) is 2.01. The van der Waals surface area contributed by atoms with Gasteiger partial charge in [0.05, 0.1) is 5.60 Å². The predicted molar refractivity (Wildman–Crippen MR) is 71.1 cm³/mol. The zero-order valence-corrected chi connectivity index (χ0v) is 11.4. The monoisotopic (exact) mass is 236 g/mol. The third-order valence-corrected chi connectivity index (χ3v) is 3.01. The molecule has 0 heterocycles. The Kier molecular flexibility index (Phi) is 5.16. The predicted octanol–water partition coefficient (Wildman–Crippen LogP) is 3.49. The number of hydrogen-bond donors (Lipinski definition) is 1. The van der Waals surface area contributed by atoms with E-state index < -0.39 is 11.7 Å². The zero-order chi connectivity index (χ0) is 12.9. The topological polar surface area (TPSA) is 29.5 Å². The average Bonchev–Trinajstić information content (AvgIpc) is 2.29. The summed E-state index contributed by atoms with van der Waals surface area (Å²) in [6.45, 7) is 8.56. The third kappa shape index (κ3) is 3.83. The summed E-state index contributed by atoms with van der Waals surface area (Å²) in [5, 5.41) is 10.3. The highest BCUT2D eigenvalue weighted by molar-refractivity contribution is 5.25. The lowest BCUT2D eigenvalue weighted by atomic mass is 9.93. The molecule has 0 fully saturated rings. The van der Waals surface area contributed by atoms with Crippen molar-refractivity contribution in [3.63, 3.8) is 0 Å². The molecule has 0 radical (unpaired) electrons. The standard InChI is InChI=1S/C15H24O2/c1-5-7-12-8-10-13(11-9-12)14(16)15(3,4)17-6-2/h8-11,14,16H,5-7H2,1-4H3. The Bertz CT molecular complexity index is 327. The summed E-state index contributed by atoms with van der Waals surface area (Å²) in [5.74, 6) is 0. The van der Waals surface area contributed by atoms with Crippen molar-refractivity contribution in [2.75, 3.05) is 6.61 Å². The fraction of sp³-hybridized carbons (Fsp3) is 0.600. The van der Waals surface area contributed by atoms with Crippen molar-refractivity contribution in [2.24, 2.45) is 0 Å². The van der Waals surface area contributed by atoms with Gasteiger partial charge in [0.15, 0.2) is 0 Å². The van der Waals surface area contributed by atoms with E-state index in [1.165, 1.54) is 5.56 Å². The molecule has 17 heavy (non-hydrogen) atoms. The maximum Gasteiger partial charge on any atom is 0.107 e. The lowest BCUT2D eigenvalue weighted by molar-refractivity contribution is -0.0983. The summed E-state index contributed by atoms with van der Waals surface area (Å²) in [4.78, 5) is 0. The minimum absolute atomic E-state index is 0.541. The summed E-state index contributed by atoms with van der Waals surface area (Å²) < 4.78 is 5.57. The van der Waals surface area contributed by atoms with Gasteiger partial charge in [-0.1, -0.05) is 37.6 Å². The van der Waals surface area contributed by atoms with Crippen LogP contribution in [-0.4, -0.2) is 17.3 Å². The van der Waals surface area contributed by atoms with Crippen LogP contribution in [0.1, 0.15) is 51.3 Å². The van der Waals surface area contributed by atoms with Crippen LogP contribution in [0.15, 0.2) is 24.3 Å². The van der Waals surface area contributed by atoms with E-state index in [-0.39, 0.29) is 0 Å². The molecule has 0 aliphatic rings. The molecule has 0 saturated heterocycles. The molecule has 1 rings (SSSR count). The quantitative estimate of drug-likeness (QED) is 0.819. The first-order valence-corrected chi connectivity index (χ1v) is 6.42. The molecule has 0 bridgehead atoms. The highest BCUT2D eigenvalue weighted by atomic mass is 16.5. The number of rotatable bonds is 6. The van der Waals surface area contributed by atoms with E-state index in [9.17, 15) is 5.11 Å². The molecule has 1 aromatic carbocycles. The first kappa shape index (κ1) is 14.2. The fourth-order valence-corrected chi connectivity index (χ4v) is 2.01. The van der Waals surface area contributed by atoms with Gasteiger partial charge in [-0.2, -0.15) is 0 Å². The molecule has 1 atom stereocenters. The van der Waals surface area contributed by atoms with E-state index in [0.717, 1.165) is 18.4 Å². The van der Waals surface area contributed by atoms with Crippen LogP contribution in [0.2, 0.25) is 0 Å². The van der Waals surface area contributed by atoms with Crippen molar-refractivity contribution in [2.45, 2.75) is 52.2 Å². The summed E-state index contributed by atoms with van der Waals surface area (Å²) >= 11 is 0. The van der Waals surface area contributed by atoms with Gasteiger partial charge in [0, 0.05) is 6.61 Å². The summed E-state index contributed by atoms with van der Waals surface area (Å²) in [5.41, 5.74) is 1.70. The van der Waals surface area contributed by atoms with Crippen LogP contribution in [-0.2, 0) is 11.2 Å². The van der Waals surface area contributed by atoms with Crippen molar-refractivity contribution >= 4 is 0 Å². The van der Waals surface area contributed by atoms with E-state index in [1.807, 2.05) is 32.9 Å². The number of benzene rings is 1. The third-order valence-electron chi connectivity index (χ3n) is 3.01. The second kappa shape index (κ2) is 6.18. The SMILES string of the molecule is CCCc1ccc(C(O)C(C)(C)OCC)cc1. The minimum atomic E-state index is -0.585. The number of hydrogen-bond acceptors (Lipinski definition) is 2. The number of ether oxygens (including phenoxy) is 1. The van der Waals surface area contributed by atoms with E-state index >= 15 is 0 Å². The molecule has 0 amide bonds. The molecule has 0 spiro atoms. The van der Waals surface area contributed by atoms with Gasteiger partial charge in [-0.15, -0.1) is 0 Å². The first-order valence-electron chi connectivity index (χ1n) is 6.42. The van der Waals surface area contributed by atoms with E-state index in [0.29, 0.717) is 6.61 Å². The van der Waals surface area contributed by atoms with Gasteiger partial charge >= 0.3 is 0 Å². The Hall–Kier alpha value is -0.860. The summed E-state index contributed by atoms with van der Waals surface area (Å²) in [7, 11) is 0. The van der Waals surface area contributed by atoms with Crippen molar-refractivity contribution in [1.82, 2.24) is 0 Å². The molecule has 2 nitrogen and oxygen atoms in total.